The molecule has 0 amide bonds. The van der Waals surface area contributed by atoms with Gasteiger partial charge in [-0.15, -0.1) is 0 Å². The first-order valence-electron chi connectivity index (χ1n) is 6.29. The van der Waals surface area contributed by atoms with Gasteiger partial charge >= 0.3 is 11.9 Å². The molecule has 104 valence electrons. The van der Waals surface area contributed by atoms with Gasteiger partial charge in [0, 0.05) is 6.42 Å². The van der Waals surface area contributed by atoms with E-state index in [1.807, 2.05) is 6.92 Å². The zero-order chi connectivity index (χ0) is 14.3. The van der Waals surface area contributed by atoms with Crippen molar-refractivity contribution < 1.29 is 24.2 Å². The SMILES string of the molecule is CCCCC(=O)Oc1ccc(C(=O)O)cc1OCC. The van der Waals surface area contributed by atoms with Crippen molar-refractivity contribution in [1.29, 1.82) is 0 Å². The number of carboxylic acids is 1. The van der Waals surface area contributed by atoms with Crippen LogP contribution < -0.4 is 9.47 Å². The summed E-state index contributed by atoms with van der Waals surface area (Å²) in [5.41, 5.74) is 0.0943. The van der Waals surface area contributed by atoms with Gasteiger partial charge in [0.1, 0.15) is 0 Å². The van der Waals surface area contributed by atoms with Crippen molar-refractivity contribution in [1.82, 2.24) is 0 Å². The lowest BCUT2D eigenvalue weighted by Crippen LogP contribution is -2.09. The Kier molecular flexibility index (Phi) is 5.85. The van der Waals surface area contributed by atoms with Crippen molar-refractivity contribution in [2.75, 3.05) is 6.61 Å². The molecule has 0 radical (unpaired) electrons. The molecular formula is C14H18O5. The van der Waals surface area contributed by atoms with Crippen molar-refractivity contribution in [2.24, 2.45) is 0 Å². The number of carboxylic acid groups (broad SMARTS) is 1. The fourth-order valence-electron chi connectivity index (χ4n) is 1.49. The van der Waals surface area contributed by atoms with Crippen LogP contribution in [0.2, 0.25) is 0 Å². The van der Waals surface area contributed by atoms with E-state index >= 15 is 0 Å². The third kappa shape index (κ3) is 4.62. The smallest absolute Gasteiger partial charge is 0.335 e. The molecule has 1 aromatic carbocycles. The molecule has 0 fully saturated rings. The number of aromatic carboxylic acids is 1. The van der Waals surface area contributed by atoms with E-state index in [2.05, 4.69) is 0 Å². The summed E-state index contributed by atoms with van der Waals surface area (Å²) in [6.07, 6.45) is 2.00. The van der Waals surface area contributed by atoms with Crippen LogP contribution in [0.15, 0.2) is 18.2 Å². The molecule has 0 saturated heterocycles. The molecule has 0 aliphatic carbocycles. The second-order valence-electron chi connectivity index (χ2n) is 3.98. The topological polar surface area (TPSA) is 72.8 Å². The van der Waals surface area contributed by atoms with Crippen molar-refractivity contribution >= 4 is 11.9 Å². The predicted molar refractivity (Wildman–Crippen MR) is 69.7 cm³/mol. The number of hydrogen-bond donors (Lipinski definition) is 1. The average molecular weight is 266 g/mol. The molecule has 0 heterocycles. The van der Waals surface area contributed by atoms with Crippen LogP contribution in [0, 0.1) is 0 Å². The maximum absolute atomic E-state index is 11.6. The number of carbonyl (C=O) groups is 2. The van der Waals surface area contributed by atoms with Gasteiger partial charge in [0.15, 0.2) is 11.5 Å². The fraction of sp³-hybridized carbons (Fsp3) is 0.429. The number of hydrogen-bond acceptors (Lipinski definition) is 4. The molecule has 0 bridgehead atoms. The van der Waals surface area contributed by atoms with E-state index in [-0.39, 0.29) is 23.0 Å². The molecule has 0 aliphatic rings. The largest absolute Gasteiger partial charge is 0.490 e. The highest BCUT2D eigenvalue weighted by molar-refractivity contribution is 5.88. The predicted octanol–water partition coefficient (Wildman–Crippen LogP) is 2.88. The van der Waals surface area contributed by atoms with Crippen LogP contribution in [-0.4, -0.2) is 23.7 Å². The zero-order valence-corrected chi connectivity index (χ0v) is 11.1. The number of esters is 1. The molecule has 0 unspecified atom stereocenters. The van der Waals surface area contributed by atoms with Crippen LogP contribution in [0.1, 0.15) is 43.5 Å². The van der Waals surface area contributed by atoms with Crippen LogP contribution in [0.4, 0.5) is 0 Å². The van der Waals surface area contributed by atoms with Gasteiger partial charge in [0.2, 0.25) is 0 Å². The van der Waals surface area contributed by atoms with E-state index < -0.39 is 5.97 Å². The second-order valence-corrected chi connectivity index (χ2v) is 3.98. The van der Waals surface area contributed by atoms with Gasteiger partial charge in [-0.05, 0) is 31.5 Å². The maximum atomic E-state index is 11.6. The normalized spacial score (nSPS) is 10.0. The molecule has 0 aromatic heterocycles. The summed E-state index contributed by atoms with van der Waals surface area (Å²) in [6.45, 7) is 4.12. The molecule has 0 saturated carbocycles. The number of unbranched alkanes of at least 4 members (excludes halogenated alkanes) is 1. The maximum Gasteiger partial charge on any atom is 0.335 e. The van der Waals surface area contributed by atoms with Crippen molar-refractivity contribution in [3.63, 3.8) is 0 Å². The first kappa shape index (κ1) is 15.0. The van der Waals surface area contributed by atoms with Crippen molar-refractivity contribution in [2.45, 2.75) is 33.1 Å². The lowest BCUT2D eigenvalue weighted by molar-refractivity contribution is -0.134. The fourth-order valence-corrected chi connectivity index (χ4v) is 1.49. The minimum Gasteiger partial charge on any atom is -0.490 e. The van der Waals surface area contributed by atoms with Crippen LogP contribution in [-0.2, 0) is 4.79 Å². The Morgan fingerprint density at radius 2 is 1.95 bits per heavy atom. The molecule has 1 aromatic rings. The Hall–Kier alpha value is -2.04. The summed E-state index contributed by atoms with van der Waals surface area (Å²) in [4.78, 5) is 22.4. The van der Waals surface area contributed by atoms with Gasteiger partial charge in [-0.3, -0.25) is 4.79 Å². The van der Waals surface area contributed by atoms with E-state index in [0.29, 0.717) is 13.0 Å². The van der Waals surface area contributed by atoms with Gasteiger partial charge in [0.25, 0.3) is 0 Å². The van der Waals surface area contributed by atoms with E-state index in [4.69, 9.17) is 14.6 Å². The Balaban J connectivity index is 2.87. The van der Waals surface area contributed by atoms with Gasteiger partial charge in [-0.1, -0.05) is 13.3 Å². The molecule has 5 heteroatoms. The van der Waals surface area contributed by atoms with Gasteiger partial charge in [0.05, 0.1) is 12.2 Å². The molecule has 1 N–H and O–H groups in total. The van der Waals surface area contributed by atoms with Crippen molar-refractivity contribution in [3.05, 3.63) is 23.8 Å². The zero-order valence-electron chi connectivity index (χ0n) is 11.1. The first-order valence-corrected chi connectivity index (χ1v) is 6.29. The third-order valence-corrected chi connectivity index (χ3v) is 2.45. The lowest BCUT2D eigenvalue weighted by atomic mass is 10.2. The molecule has 0 spiro atoms. The van der Waals surface area contributed by atoms with Crippen LogP contribution in [0.3, 0.4) is 0 Å². The summed E-state index contributed by atoms with van der Waals surface area (Å²) in [5, 5.41) is 8.90. The van der Waals surface area contributed by atoms with E-state index in [0.717, 1.165) is 12.8 Å². The monoisotopic (exact) mass is 266 g/mol. The first-order chi connectivity index (χ1) is 9.08. The second kappa shape index (κ2) is 7.41. The third-order valence-electron chi connectivity index (χ3n) is 2.45. The highest BCUT2D eigenvalue weighted by atomic mass is 16.6. The van der Waals surface area contributed by atoms with Gasteiger partial charge in [-0.2, -0.15) is 0 Å². The number of rotatable bonds is 7. The molecule has 0 atom stereocenters. The Morgan fingerprint density at radius 3 is 2.53 bits per heavy atom. The number of carbonyl (C=O) groups excluding carboxylic acids is 1. The summed E-state index contributed by atoms with van der Waals surface area (Å²) >= 11 is 0. The molecule has 19 heavy (non-hydrogen) atoms. The van der Waals surface area contributed by atoms with E-state index in [9.17, 15) is 9.59 Å². The summed E-state index contributed by atoms with van der Waals surface area (Å²) in [5.74, 6) is -0.865. The molecule has 0 aliphatic heterocycles. The summed E-state index contributed by atoms with van der Waals surface area (Å²) in [6, 6.07) is 4.18. The highest BCUT2D eigenvalue weighted by Crippen LogP contribution is 2.29. The number of ether oxygens (including phenoxy) is 2. The quantitative estimate of drug-likeness (QED) is 0.606. The van der Waals surface area contributed by atoms with Crippen molar-refractivity contribution in [3.8, 4) is 11.5 Å². The molecular weight excluding hydrogens is 248 g/mol. The molecule has 5 nitrogen and oxygen atoms in total. The summed E-state index contributed by atoms with van der Waals surface area (Å²) < 4.78 is 10.5. The van der Waals surface area contributed by atoms with E-state index in [1.54, 1.807) is 6.92 Å². The Morgan fingerprint density at radius 1 is 1.21 bits per heavy atom. The Labute approximate surface area is 112 Å². The van der Waals surface area contributed by atoms with Gasteiger partial charge < -0.3 is 14.6 Å². The molecule has 1 rings (SSSR count). The average Bonchev–Trinajstić information content (AvgIpc) is 2.38. The summed E-state index contributed by atoms with van der Waals surface area (Å²) in [7, 11) is 0. The minimum atomic E-state index is -1.05. The van der Waals surface area contributed by atoms with Crippen LogP contribution in [0.25, 0.3) is 0 Å². The standard InChI is InChI=1S/C14H18O5/c1-3-5-6-13(15)19-11-8-7-10(14(16)17)9-12(11)18-4-2/h7-9H,3-6H2,1-2H3,(H,16,17). The van der Waals surface area contributed by atoms with Crippen LogP contribution >= 0.6 is 0 Å². The minimum absolute atomic E-state index is 0.0943. The van der Waals surface area contributed by atoms with E-state index in [1.165, 1.54) is 18.2 Å². The lowest BCUT2D eigenvalue weighted by Gasteiger charge is -2.11. The Bertz CT molecular complexity index is 453. The highest BCUT2D eigenvalue weighted by Gasteiger charge is 2.13. The van der Waals surface area contributed by atoms with Crippen LogP contribution in [0.5, 0.6) is 11.5 Å². The number of benzene rings is 1. The van der Waals surface area contributed by atoms with Gasteiger partial charge in [-0.25, -0.2) is 4.79 Å².